The van der Waals surface area contributed by atoms with E-state index in [1.807, 2.05) is 0 Å². The maximum atomic E-state index is 13.3. The number of alkyl halides is 1. The van der Waals surface area contributed by atoms with Gasteiger partial charge in [0.2, 0.25) is 0 Å². The highest BCUT2D eigenvalue weighted by atomic mass is 32.2. The van der Waals surface area contributed by atoms with Crippen LogP contribution in [0, 0.1) is 0 Å². The average Bonchev–Trinajstić information content (AvgIpc) is 2.77. The number of halogens is 1. The molecule has 1 rings (SSSR count). The smallest absolute Gasteiger partial charge is 0.402 e. The number of aromatic nitrogens is 1. The largest absolute Gasteiger partial charge is 0.416 e. The normalized spacial score (nSPS) is 13.9. The van der Waals surface area contributed by atoms with Crippen molar-refractivity contribution < 1.29 is 23.1 Å². The summed E-state index contributed by atoms with van der Waals surface area (Å²) in [5.41, 5.74) is 10.1. The third-order valence-corrected chi connectivity index (χ3v) is 2.56. The standard InChI is InChI=1S/C9H12FN3O4S/c1-18-3-4(10)6(11)8(15)17-9-13-5(2-16-9)7(12)14/h2,4,6H,3,11H2,1H3,(H2,12,14). The van der Waals surface area contributed by atoms with Crippen molar-refractivity contribution >= 4 is 23.6 Å². The van der Waals surface area contributed by atoms with E-state index < -0.39 is 30.2 Å². The van der Waals surface area contributed by atoms with Gasteiger partial charge in [-0.05, 0) is 6.26 Å². The Morgan fingerprint density at radius 1 is 1.67 bits per heavy atom. The van der Waals surface area contributed by atoms with E-state index in [1.54, 1.807) is 6.26 Å². The second kappa shape index (κ2) is 6.36. The van der Waals surface area contributed by atoms with Gasteiger partial charge in [-0.15, -0.1) is 0 Å². The highest BCUT2D eigenvalue weighted by Gasteiger charge is 2.27. The van der Waals surface area contributed by atoms with E-state index in [1.165, 1.54) is 11.8 Å². The summed E-state index contributed by atoms with van der Waals surface area (Å²) < 4.78 is 22.5. The van der Waals surface area contributed by atoms with Crippen LogP contribution in [0.2, 0.25) is 0 Å². The number of primary amides is 1. The van der Waals surface area contributed by atoms with Crippen LogP contribution in [-0.2, 0) is 4.79 Å². The summed E-state index contributed by atoms with van der Waals surface area (Å²) in [4.78, 5) is 25.6. The second-order valence-electron chi connectivity index (χ2n) is 3.28. The molecule has 0 aromatic carbocycles. The summed E-state index contributed by atoms with van der Waals surface area (Å²) in [7, 11) is 0. The van der Waals surface area contributed by atoms with E-state index in [0.29, 0.717) is 0 Å². The minimum atomic E-state index is -1.54. The van der Waals surface area contributed by atoms with Crippen molar-refractivity contribution in [1.29, 1.82) is 0 Å². The third-order valence-electron chi connectivity index (χ3n) is 1.91. The van der Waals surface area contributed by atoms with Gasteiger partial charge in [-0.2, -0.15) is 16.7 Å². The molecule has 2 unspecified atom stereocenters. The minimum absolute atomic E-state index is 0.0639. The number of carbonyl (C=O) groups is 2. The lowest BCUT2D eigenvalue weighted by atomic mass is 10.2. The number of rotatable bonds is 6. The van der Waals surface area contributed by atoms with Crippen LogP contribution in [-0.4, -0.2) is 41.1 Å². The van der Waals surface area contributed by atoms with E-state index in [-0.39, 0.29) is 11.4 Å². The van der Waals surface area contributed by atoms with E-state index >= 15 is 0 Å². The van der Waals surface area contributed by atoms with Gasteiger partial charge >= 0.3 is 12.0 Å². The minimum Gasteiger partial charge on any atom is -0.416 e. The Labute approximate surface area is 106 Å². The molecular weight excluding hydrogens is 265 g/mol. The molecule has 1 amide bonds. The van der Waals surface area contributed by atoms with Gasteiger partial charge in [0, 0.05) is 5.75 Å². The zero-order valence-corrected chi connectivity index (χ0v) is 10.3. The van der Waals surface area contributed by atoms with Crippen molar-refractivity contribution in [3.05, 3.63) is 12.0 Å². The SMILES string of the molecule is CSCC(F)C(N)C(=O)Oc1nc(C(N)=O)co1. The molecule has 1 aromatic heterocycles. The Bertz CT molecular complexity index is 439. The molecule has 1 aromatic rings. The number of ether oxygens (including phenoxy) is 1. The number of amides is 1. The fraction of sp³-hybridized carbons (Fsp3) is 0.444. The summed E-state index contributed by atoms with van der Waals surface area (Å²) in [6.45, 7) is 0. The van der Waals surface area contributed by atoms with Gasteiger partial charge in [0.15, 0.2) is 5.69 Å². The molecule has 4 N–H and O–H groups in total. The number of hydrogen-bond acceptors (Lipinski definition) is 7. The molecule has 2 atom stereocenters. The van der Waals surface area contributed by atoms with Crippen LogP contribution >= 0.6 is 11.8 Å². The molecule has 0 radical (unpaired) electrons. The first-order valence-electron chi connectivity index (χ1n) is 4.81. The Kier molecular flexibility index (Phi) is 5.10. The number of nitrogens with zero attached hydrogens (tertiary/aromatic N) is 1. The van der Waals surface area contributed by atoms with E-state index in [0.717, 1.165) is 6.26 Å². The van der Waals surface area contributed by atoms with Crippen LogP contribution in [0.1, 0.15) is 10.5 Å². The maximum absolute atomic E-state index is 13.3. The van der Waals surface area contributed by atoms with E-state index in [4.69, 9.17) is 11.5 Å². The van der Waals surface area contributed by atoms with Crippen LogP contribution in [0.4, 0.5) is 4.39 Å². The van der Waals surface area contributed by atoms with Gasteiger partial charge in [0.05, 0.1) is 0 Å². The Morgan fingerprint density at radius 2 is 2.33 bits per heavy atom. The summed E-state index contributed by atoms with van der Waals surface area (Å²) in [5.74, 6) is -1.81. The first kappa shape index (κ1) is 14.5. The second-order valence-corrected chi connectivity index (χ2v) is 4.19. The van der Waals surface area contributed by atoms with Gasteiger partial charge in [0.1, 0.15) is 18.5 Å². The zero-order chi connectivity index (χ0) is 13.7. The fourth-order valence-electron chi connectivity index (χ4n) is 0.982. The summed E-state index contributed by atoms with van der Waals surface area (Å²) in [5, 5.41) is 0. The Morgan fingerprint density at radius 3 is 2.83 bits per heavy atom. The van der Waals surface area contributed by atoms with Gasteiger partial charge in [0.25, 0.3) is 5.91 Å². The number of oxazole rings is 1. The van der Waals surface area contributed by atoms with Gasteiger partial charge in [-0.1, -0.05) is 0 Å². The molecule has 7 nitrogen and oxygen atoms in total. The Balaban J connectivity index is 2.60. The predicted octanol–water partition coefficient (Wildman–Crippen LogP) is -0.293. The number of nitrogens with two attached hydrogens (primary N) is 2. The molecule has 0 aliphatic heterocycles. The van der Waals surface area contributed by atoms with Crippen molar-refractivity contribution in [2.24, 2.45) is 11.5 Å². The van der Waals surface area contributed by atoms with Gasteiger partial charge in [-0.3, -0.25) is 4.79 Å². The van der Waals surface area contributed by atoms with Crippen molar-refractivity contribution in [2.45, 2.75) is 12.2 Å². The number of hydrogen-bond donors (Lipinski definition) is 2. The van der Waals surface area contributed by atoms with Gasteiger partial charge < -0.3 is 20.6 Å². The molecule has 0 aliphatic carbocycles. The quantitative estimate of drug-likeness (QED) is 0.685. The molecule has 0 aliphatic rings. The van der Waals surface area contributed by atoms with Crippen LogP contribution in [0.3, 0.4) is 0 Å². The summed E-state index contributed by atoms with van der Waals surface area (Å²) in [6.07, 6.45) is 0.557. The lowest BCUT2D eigenvalue weighted by Crippen LogP contribution is -2.43. The van der Waals surface area contributed by atoms with Crippen LogP contribution in [0.15, 0.2) is 10.7 Å². The average molecular weight is 277 g/mol. The lowest BCUT2D eigenvalue weighted by molar-refractivity contribution is -0.138. The number of thioether (sulfide) groups is 1. The summed E-state index contributed by atoms with van der Waals surface area (Å²) >= 11 is 1.21. The molecule has 0 fully saturated rings. The summed E-state index contributed by atoms with van der Waals surface area (Å²) in [6, 6.07) is -1.44. The molecule has 1 heterocycles. The maximum Gasteiger partial charge on any atom is 0.402 e. The topological polar surface area (TPSA) is 121 Å². The predicted molar refractivity (Wildman–Crippen MR) is 61.9 cm³/mol. The van der Waals surface area contributed by atoms with Crippen LogP contribution in [0.5, 0.6) is 6.08 Å². The Hall–Kier alpha value is -1.61. The molecule has 9 heteroatoms. The van der Waals surface area contributed by atoms with Crippen molar-refractivity contribution in [3.8, 4) is 6.08 Å². The molecule has 100 valence electrons. The first-order valence-corrected chi connectivity index (χ1v) is 6.20. The molecule has 0 saturated heterocycles. The highest BCUT2D eigenvalue weighted by Crippen LogP contribution is 2.12. The van der Waals surface area contributed by atoms with E-state index in [9.17, 15) is 14.0 Å². The van der Waals surface area contributed by atoms with Crippen LogP contribution in [0.25, 0.3) is 0 Å². The van der Waals surface area contributed by atoms with Crippen molar-refractivity contribution in [2.75, 3.05) is 12.0 Å². The van der Waals surface area contributed by atoms with Crippen molar-refractivity contribution in [1.82, 2.24) is 4.98 Å². The first-order chi connectivity index (χ1) is 8.45. The highest BCUT2D eigenvalue weighted by molar-refractivity contribution is 7.98. The number of carbonyl (C=O) groups excluding carboxylic acids is 2. The molecule has 0 spiro atoms. The molecule has 18 heavy (non-hydrogen) atoms. The van der Waals surface area contributed by atoms with E-state index in [2.05, 4.69) is 14.1 Å². The lowest BCUT2D eigenvalue weighted by Gasteiger charge is -2.12. The fourth-order valence-corrected chi connectivity index (χ4v) is 1.51. The molecule has 0 bridgehead atoms. The third kappa shape index (κ3) is 3.70. The number of esters is 1. The monoisotopic (exact) mass is 277 g/mol. The van der Waals surface area contributed by atoms with Crippen LogP contribution < -0.4 is 16.2 Å². The molecular formula is C9H12FN3O4S. The zero-order valence-electron chi connectivity index (χ0n) is 9.46. The van der Waals surface area contributed by atoms with Gasteiger partial charge in [-0.25, -0.2) is 9.18 Å². The van der Waals surface area contributed by atoms with Crippen molar-refractivity contribution in [3.63, 3.8) is 0 Å². The molecule has 0 saturated carbocycles.